The van der Waals surface area contributed by atoms with E-state index in [1.165, 1.54) is 0 Å². The van der Waals surface area contributed by atoms with Crippen LogP contribution in [0.1, 0.15) is 6.42 Å². The molecule has 0 saturated carbocycles. The van der Waals surface area contributed by atoms with Gasteiger partial charge in [0, 0.05) is 49.6 Å². The Bertz CT molecular complexity index is 915. The number of carbonyl (C=O) groups is 1. The summed E-state index contributed by atoms with van der Waals surface area (Å²) < 4.78 is 0. The van der Waals surface area contributed by atoms with E-state index in [2.05, 4.69) is 25.1 Å². The quantitative estimate of drug-likeness (QED) is 0.774. The van der Waals surface area contributed by atoms with Crippen LogP contribution in [0.4, 0.5) is 11.5 Å². The van der Waals surface area contributed by atoms with Crippen LogP contribution >= 0.6 is 0 Å². The van der Waals surface area contributed by atoms with Crippen LogP contribution in [0.2, 0.25) is 0 Å². The zero-order valence-electron chi connectivity index (χ0n) is 15.2. The monoisotopic (exact) mass is 361 g/mol. The van der Waals surface area contributed by atoms with Gasteiger partial charge in [-0.3, -0.25) is 14.7 Å². The summed E-state index contributed by atoms with van der Waals surface area (Å²) in [6, 6.07) is 15.7. The summed E-state index contributed by atoms with van der Waals surface area (Å²) in [6.45, 7) is 4.02. The Morgan fingerprint density at radius 2 is 1.89 bits per heavy atom. The van der Waals surface area contributed by atoms with Crippen LogP contribution in [0.3, 0.4) is 0 Å². The maximum Gasteiger partial charge on any atom is 0.238 e. The Balaban J connectivity index is 1.33. The van der Waals surface area contributed by atoms with Gasteiger partial charge in [0.2, 0.25) is 5.91 Å². The number of carbonyl (C=O) groups excluding carboxylic acids is 1. The fourth-order valence-corrected chi connectivity index (χ4v) is 3.46. The second kappa shape index (κ2) is 8.14. The SMILES string of the molecule is O=C(CN1CCCN(c2ccccn2)CC1)Nc1ccc2ncccc2c1. The van der Waals surface area contributed by atoms with Crippen molar-refractivity contribution in [3.63, 3.8) is 0 Å². The van der Waals surface area contributed by atoms with Crippen LogP contribution in [-0.2, 0) is 4.79 Å². The average Bonchev–Trinajstić information content (AvgIpc) is 2.94. The molecule has 0 bridgehead atoms. The maximum absolute atomic E-state index is 12.5. The highest BCUT2D eigenvalue weighted by molar-refractivity contribution is 5.94. The molecule has 27 heavy (non-hydrogen) atoms. The molecule has 4 rings (SSSR count). The summed E-state index contributed by atoms with van der Waals surface area (Å²) in [6.07, 6.45) is 4.62. The van der Waals surface area contributed by atoms with Crippen molar-refractivity contribution in [1.29, 1.82) is 0 Å². The van der Waals surface area contributed by atoms with Crippen molar-refractivity contribution in [2.24, 2.45) is 0 Å². The molecular formula is C21H23N5O. The highest BCUT2D eigenvalue weighted by atomic mass is 16.2. The molecule has 1 saturated heterocycles. The first-order valence-electron chi connectivity index (χ1n) is 9.31. The van der Waals surface area contributed by atoms with Crippen molar-refractivity contribution in [3.05, 3.63) is 60.9 Å². The third-order valence-electron chi connectivity index (χ3n) is 4.82. The molecule has 1 amide bonds. The van der Waals surface area contributed by atoms with Gasteiger partial charge in [-0.15, -0.1) is 0 Å². The molecule has 0 aliphatic carbocycles. The summed E-state index contributed by atoms with van der Waals surface area (Å²) in [7, 11) is 0. The molecule has 0 spiro atoms. The number of fused-ring (bicyclic) bond motifs is 1. The van der Waals surface area contributed by atoms with Crippen LogP contribution in [0.5, 0.6) is 0 Å². The highest BCUT2D eigenvalue weighted by Crippen LogP contribution is 2.17. The Kier molecular flexibility index (Phi) is 5.25. The number of nitrogens with one attached hydrogen (secondary N) is 1. The minimum atomic E-state index is 0.0181. The molecule has 3 aromatic rings. The van der Waals surface area contributed by atoms with E-state index in [-0.39, 0.29) is 5.91 Å². The number of pyridine rings is 2. The fraction of sp³-hybridized carbons (Fsp3) is 0.286. The first-order valence-corrected chi connectivity index (χ1v) is 9.31. The van der Waals surface area contributed by atoms with Gasteiger partial charge in [0.1, 0.15) is 5.82 Å². The summed E-state index contributed by atoms with van der Waals surface area (Å²) in [5.74, 6) is 1.03. The van der Waals surface area contributed by atoms with Gasteiger partial charge in [-0.2, -0.15) is 0 Å². The fourth-order valence-electron chi connectivity index (χ4n) is 3.46. The normalized spacial score (nSPS) is 15.5. The number of hydrogen-bond acceptors (Lipinski definition) is 5. The molecule has 6 nitrogen and oxygen atoms in total. The molecular weight excluding hydrogens is 338 g/mol. The predicted octanol–water partition coefficient (Wildman–Crippen LogP) is 2.78. The molecule has 1 aliphatic rings. The van der Waals surface area contributed by atoms with E-state index in [0.717, 1.165) is 55.0 Å². The molecule has 3 heterocycles. The number of rotatable bonds is 4. The molecule has 1 aromatic carbocycles. The van der Waals surface area contributed by atoms with Crippen molar-refractivity contribution < 1.29 is 4.79 Å². The third-order valence-corrected chi connectivity index (χ3v) is 4.82. The number of hydrogen-bond donors (Lipinski definition) is 1. The number of anilines is 2. The highest BCUT2D eigenvalue weighted by Gasteiger charge is 2.18. The van der Waals surface area contributed by atoms with E-state index < -0.39 is 0 Å². The van der Waals surface area contributed by atoms with Crippen LogP contribution in [0.15, 0.2) is 60.9 Å². The summed E-state index contributed by atoms with van der Waals surface area (Å²) >= 11 is 0. The minimum Gasteiger partial charge on any atom is -0.355 e. The van der Waals surface area contributed by atoms with Gasteiger partial charge in [0.15, 0.2) is 0 Å². The molecule has 1 N–H and O–H groups in total. The van der Waals surface area contributed by atoms with Crippen LogP contribution in [0, 0.1) is 0 Å². The van der Waals surface area contributed by atoms with Gasteiger partial charge in [-0.05, 0) is 42.8 Å². The minimum absolute atomic E-state index is 0.0181. The standard InChI is InChI=1S/C21H23N5O/c27-21(24-18-7-8-19-17(15-18)5-3-10-22-19)16-25-11-4-12-26(14-13-25)20-6-1-2-9-23-20/h1-3,5-10,15H,4,11-14,16H2,(H,24,27). The molecule has 6 heteroatoms. The lowest BCUT2D eigenvalue weighted by atomic mass is 10.2. The van der Waals surface area contributed by atoms with Gasteiger partial charge < -0.3 is 10.2 Å². The lowest BCUT2D eigenvalue weighted by Crippen LogP contribution is -2.36. The second-order valence-corrected chi connectivity index (χ2v) is 6.76. The van der Waals surface area contributed by atoms with E-state index in [0.29, 0.717) is 6.54 Å². The lowest BCUT2D eigenvalue weighted by Gasteiger charge is -2.22. The van der Waals surface area contributed by atoms with Gasteiger partial charge in [-0.1, -0.05) is 12.1 Å². The van der Waals surface area contributed by atoms with Gasteiger partial charge >= 0.3 is 0 Å². The number of benzene rings is 1. The van der Waals surface area contributed by atoms with Gasteiger partial charge in [0.25, 0.3) is 0 Å². The average molecular weight is 361 g/mol. The van der Waals surface area contributed by atoms with E-state index in [1.807, 2.05) is 54.7 Å². The Labute approximate surface area is 158 Å². The molecule has 0 unspecified atom stereocenters. The smallest absolute Gasteiger partial charge is 0.238 e. The largest absolute Gasteiger partial charge is 0.355 e. The van der Waals surface area contributed by atoms with E-state index in [9.17, 15) is 4.79 Å². The first-order chi connectivity index (χ1) is 13.3. The van der Waals surface area contributed by atoms with E-state index in [1.54, 1.807) is 6.20 Å². The third kappa shape index (κ3) is 4.41. The van der Waals surface area contributed by atoms with Crippen LogP contribution in [-0.4, -0.2) is 53.5 Å². The predicted molar refractivity (Wildman–Crippen MR) is 108 cm³/mol. The first kappa shape index (κ1) is 17.4. The molecule has 0 radical (unpaired) electrons. The van der Waals surface area contributed by atoms with Gasteiger partial charge in [-0.25, -0.2) is 4.98 Å². The molecule has 1 aliphatic heterocycles. The van der Waals surface area contributed by atoms with Crippen molar-refractivity contribution >= 4 is 28.3 Å². The van der Waals surface area contributed by atoms with Crippen molar-refractivity contribution in [1.82, 2.24) is 14.9 Å². The Morgan fingerprint density at radius 1 is 0.963 bits per heavy atom. The summed E-state index contributed by atoms with van der Waals surface area (Å²) in [4.78, 5) is 25.7. The van der Waals surface area contributed by atoms with Crippen molar-refractivity contribution in [2.75, 3.05) is 42.9 Å². The summed E-state index contributed by atoms with van der Waals surface area (Å²) in [5.41, 5.74) is 1.74. The van der Waals surface area contributed by atoms with Crippen LogP contribution < -0.4 is 10.2 Å². The number of amides is 1. The Morgan fingerprint density at radius 3 is 2.78 bits per heavy atom. The molecule has 2 aromatic heterocycles. The number of aromatic nitrogens is 2. The van der Waals surface area contributed by atoms with Crippen molar-refractivity contribution in [2.45, 2.75) is 6.42 Å². The Hall–Kier alpha value is -2.99. The molecule has 0 atom stereocenters. The van der Waals surface area contributed by atoms with E-state index in [4.69, 9.17) is 0 Å². The zero-order valence-corrected chi connectivity index (χ0v) is 15.2. The lowest BCUT2D eigenvalue weighted by molar-refractivity contribution is -0.117. The van der Waals surface area contributed by atoms with Crippen molar-refractivity contribution in [3.8, 4) is 0 Å². The van der Waals surface area contributed by atoms with Gasteiger partial charge in [0.05, 0.1) is 12.1 Å². The second-order valence-electron chi connectivity index (χ2n) is 6.76. The van der Waals surface area contributed by atoms with E-state index >= 15 is 0 Å². The maximum atomic E-state index is 12.5. The molecule has 1 fully saturated rings. The molecule has 138 valence electrons. The zero-order chi connectivity index (χ0) is 18.5. The topological polar surface area (TPSA) is 61.4 Å². The van der Waals surface area contributed by atoms with Crippen LogP contribution in [0.25, 0.3) is 10.9 Å². The number of nitrogens with zero attached hydrogens (tertiary/aromatic N) is 4. The summed E-state index contributed by atoms with van der Waals surface area (Å²) in [5, 5.41) is 4.03.